The number of rotatable bonds is 4. The Bertz CT molecular complexity index is 504. The molecule has 0 bridgehead atoms. The zero-order chi connectivity index (χ0) is 12.9. The lowest BCUT2D eigenvalue weighted by atomic mass is 10.0. The Morgan fingerprint density at radius 1 is 1.37 bits per heavy atom. The van der Waals surface area contributed by atoms with Gasteiger partial charge in [0.2, 0.25) is 0 Å². The van der Waals surface area contributed by atoms with Gasteiger partial charge in [-0.1, -0.05) is 18.6 Å². The molecule has 2 N–H and O–H groups in total. The Hall–Kier alpha value is -1.81. The SMILES string of the molecule is c1cc(NCC2CCCCN2)cc(-c2cnco2)c1. The Morgan fingerprint density at radius 2 is 2.37 bits per heavy atom. The molecule has 19 heavy (non-hydrogen) atoms. The zero-order valence-corrected chi connectivity index (χ0v) is 10.9. The van der Waals surface area contributed by atoms with Crippen molar-refractivity contribution >= 4 is 5.69 Å². The minimum absolute atomic E-state index is 0.586. The quantitative estimate of drug-likeness (QED) is 0.884. The number of oxazole rings is 1. The van der Waals surface area contributed by atoms with E-state index in [1.54, 1.807) is 6.20 Å². The lowest BCUT2D eigenvalue weighted by Crippen LogP contribution is -2.39. The number of benzene rings is 1. The summed E-state index contributed by atoms with van der Waals surface area (Å²) in [7, 11) is 0. The van der Waals surface area contributed by atoms with E-state index in [2.05, 4.69) is 27.8 Å². The van der Waals surface area contributed by atoms with E-state index in [-0.39, 0.29) is 0 Å². The van der Waals surface area contributed by atoms with Gasteiger partial charge in [-0.05, 0) is 31.5 Å². The number of piperidine rings is 1. The number of aromatic nitrogens is 1. The molecule has 3 rings (SSSR count). The smallest absolute Gasteiger partial charge is 0.181 e. The van der Waals surface area contributed by atoms with Gasteiger partial charge < -0.3 is 15.1 Å². The molecule has 1 atom stereocenters. The number of hydrogen-bond donors (Lipinski definition) is 2. The molecule has 1 aliphatic rings. The van der Waals surface area contributed by atoms with Crippen molar-refractivity contribution in [3.05, 3.63) is 36.9 Å². The van der Waals surface area contributed by atoms with Crippen LogP contribution in [0.1, 0.15) is 19.3 Å². The number of anilines is 1. The zero-order valence-electron chi connectivity index (χ0n) is 10.9. The molecule has 1 aromatic carbocycles. The molecule has 1 aromatic heterocycles. The highest BCUT2D eigenvalue weighted by atomic mass is 16.3. The van der Waals surface area contributed by atoms with Crippen molar-refractivity contribution in [3.63, 3.8) is 0 Å². The van der Waals surface area contributed by atoms with Gasteiger partial charge >= 0.3 is 0 Å². The van der Waals surface area contributed by atoms with Crippen LogP contribution in [0.3, 0.4) is 0 Å². The number of nitrogens with one attached hydrogen (secondary N) is 2. The summed E-state index contributed by atoms with van der Waals surface area (Å²) in [5.74, 6) is 0.805. The standard InChI is InChI=1S/C15H19N3O/c1-2-7-17-14(5-1)9-18-13-6-3-4-12(8-13)15-10-16-11-19-15/h3-4,6,8,10-11,14,17-18H,1-2,5,7,9H2. The molecule has 4 nitrogen and oxygen atoms in total. The molecular formula is C15H19N3O. The minimum atomic E-state index is 0.586. The first kappa shape index (κ1) is 12.2. The Kier molecular flexibility index (Phi) is 3.79. The monoisotopic (exact) mass is 257 g/mol. The molecule has 1 unspecified atom stereocenters. The van der Waals surface area contributed by atoms with Gasteiger partial charge in [-0.15, -0.1) is 0 Å². The van der Waals surface area contributed by atoms with Crippen molar-refractivity contribution in [1.29, 1.82) is 0 Å². The number of hydrogen-bond acceptors (Lipinski definition) is 4. The van der Waals surface area contributed by atoms with Crippen molar-refractivity contribution in [2.24, 2.45) is 0 Å². The summed E-state index contributed by atoms with van der Waals surface area (Å²) < 4.78 is 5.32. The average Bonchev–Trinajstić information content (AvgIpc) is 3.01. The Balaban J connectivity index is 1.63. The maximum atomic E-state index is 5.32. The van der Waals surface area contributed by atoms with E-state index < -0.39 is 0 Å². The first-order valence-electron chi connectivity index (χ1n) is 6.88. The minimum Gasteiger partial charge on any atom is -0.444 e. The molecule has 0 saturated carbocycles. The second-order valence-corrected chi connectivity index (χ2v) is 4.97. The van der Waals surface area contributed by atoms with Crippen LogP contribution in [-0.4, -0.2) is 24.1 Å². The summed E-state index contributed by atoms with van der Waals surface area (Å²) in [4.78, 5) is 3.95. The fourth-order valence-electron chi connectivity index (χ4n) is 2.48. The topological polar surface area (TPSA) is 50.1 Å². The molecule has 4 heteroatoms. The van der Waals surface area contributed by atoms with Crippen molar-refractivity contribution in [2.45, 2.75) is 25.3 Å². The molecule has 100 valence electrons. The van der Waals surface area contributed by atoms with E-state index in [0.717, 1.165) is 30.1 Å². The highest BCUT2D eigenvalue weighted by Gasteiger charge is 2.11. The van der Waals surface area contributed by atoms with E-state index in [1.807, 2.05) is 12.1 Å². The second-order valence-electron chi connectivity index (χ2n) is 4.97. The van der Waals surface area contributed by atoms with Crippen molar-refractivity contribution in [1.82, 2.24) is 10.3 Å². The molecule has 2 heterocycles. The van der Waals surface area contributed by atoms with Crippen LogP contribution >= 0.6 is 0 Å². The second kappa shape index (κ2) is 5.89. The molecule has 1 aliphatic heterocycles. The highest BCUT2D eigenvalue weighted by molar-refractivity contribution is 5.63. The fraction of sp³-hybridized carbons (Fsp3) is 0.400. The predicted octanol–water partition coefficient (Wildman–Crippen LogP) is 2.90. The van der Waals surface area contributed by atoms with Gasteiger partial charge in [-0.3, -0.25) is 0 Å². The molecule has 0 radical (unpaired) electrons. The average molecular weight is 257 g/mol. The first-order chi connectivity index (χ1) is 9.42. The predicted molar refractivity (Wildman–Crippen MR) is 76.1 cm³/mol. The van der Waals surface area contributed by atoms with Crippen LogP contribution in [0.5, 0.6) is 0 Å². The van der Waals surface area contributed by atoms with Crippen molar-refractivity contribution in [3.8, 4) is 11.3 Å². The summed E-state index contributed by atoms with van der Waals surface area (Å²) in [6, 6.07) is 8.84. The van der Waals surface area contributed by atoms with Gasteiger partial charge in [-0.25, -0.2) is 4.98 Å². The summed E-state index contributed by atoms with van der Waals surface area (Å²) in [6.07, 6.45) is 7.09. The summed E-state index contributed by atoms with van der Waals surface area (Å²) in [5.41, 5.74) is 2.18. The third kappa shape index (κ3) is 3.15. The highest BCUT2D eigenvalue weighted by Crippen LogP contribution is 2.22. The fourth-order valence-corrected chi connectivity index (χ4v) is 2.48. The van der Waals surface area contributed by atoms with Gasteiger partial charge in [0.25, 0.3) is 0 Å². The summed E-state index contributed by atoms with van der Waals surface area (Å²) in [6.45, 7) is 2.12. The molecule has 0 amide bonds. The summed E-state index contributed by atoms with van der Waals surface area (Å²) >= 11 is 0. The van der Waals surface area contributed by atoms with E-state index >= 15 is 0 Å². The lowest BCUT2D eigenvalue weighted by Gasteiger charge is -2.24. The van der Waals surface area contributed by atoms with Crippen molar-refractivity contribution < 1.29 is 4.42 Å². The van der Waals surface area contributed by atoms with Crippen LogP contribution in [0.25, 0.3) is 11.3 Å². The normalized spacial score (nSPS) is 19.3. The van der Waals surface area contributed by atoms with Crippen LogP contribution in [0, 0.1) is 0 Å². The lowest BCUT2D eigenvalue weighted by molar-refractivity contribution is 0.414. The first-order valence-corrected chi connectivity index (χ1v) is 6.88. The van der Waals surface area contributed by atoms with Gasteiger partial charge in [0.1, 0.15) is 0 Å². The van der Waals surface area contributed by atoms with Crippen molar-refractivity contribution in [2.75, 3.05) is 18.4 Å². The van der Waals surface area contributed by atoms with E-state index in [4.69, 9.17) is 4.42 Å². The van der Waals surface area contributed by atoms with Crippen LogP contribution in [0.4, 0.5) is 5.69 Å². The van der Waals surface area contributed by atoms with E-state index in [1.165, 1.54) is 25.7 Å². The molecule has 2 aromatic rings. The van der Waals surface area contributed by atoms with E-state index in [0.29, 0.717) is 6.04 Å². The van der Waals surface area contributed by atoms with Gasteiger partial charge in [0.15, 0.2) is 12.2 Å². The maximum Gasteiger partial charge on any atom is 0.181 e. The Morgan fingerprint density at radius 3 is 3.16 bits per heavy atom. The third-order valence-corrected chi connectivity index (χ3v) is 3.54. The molecule has 1 fully saturated rings. The molecule has 1 saturated heterocycles. The molecule has 0 aliphatic carbocycles. The van der Waals surface area contributed by atoms with Gasteiger partial charge in [0.05, 0.1) is 6.20 Å². The molecule has 0 spiro atoms. The van der Waals surface area contributed by atoms with Crippen LogP contribution in [-0.2, 0) is 0 Å². The van der Waals surface area contributed by atoms with Crippen LogP contribution in [0.2, 0.25) is 0 Å². The number of nitrogens with zero attached hydrogens (tertiary/aromatic N) is 1. The van der Waals surface area contributed by atoms with Gasteiger partial charge in [-0.2, -0.15) is 0 Å². The van der Waals surface area contributed by atoms with Crippen LogP contribution in [0.15, 0.2) is 41.3 Å². The maximum absolute atomic E-state index is 5.32. The van der Waals surface area contributed by atoms with Gasteiger partial charge in [0, 0.05) is 23.8 Å². The van der Waals surface area contributed by atoms with E-state index in [9.17, 15) is 0 Å². The Labute approximate surface area is 113 Å². The third-order valence-electron chi connectivity index (χ3n) is 3.54. The summed E-state index contributed by atoms with van der Waals surface area (Å²) in [5, 5.41) is 7.03. The molecular weight excluding hydrogens is 238 g/mol. The van der Waals surface area contributed by atoms with Crippen LogP contribution < -0.4 is 10.6 Å². The largest absolute Gasteiger partial charge is 0.444 e.